The van der Waals surface area contributed by atoms with Gasteiger partial charge in [-0.3, -0.25) is 0 Å². The monoisotopic (exact) mass is 266 g/mol. The molecule has 18 heavy (non-hydrogen) atoms. The van der Waals surface area contributed by atoms with E-state index < -0.39 is 0 Å². The number of hydrogen-bond acceptors (Lipinski definition) is 2. The molecule has 0 amide bonds. The maximum absolute atomic E-state index is 6.15. The second-order valence-electron chi connectivity index (χ2n) is 5.16. The Morgan fingerprint density at radius 2 is 2.11 bits per heavy atom. The Labute approximate surface area is 115 Å². The molecule has 1 aliphatic heterocycles. The fraction of sp³-hybridized carbons (Fsp3) is 0.600. The van der Waals surface area contributed by atoms with Crippen LogP contribution in [0, 0.1) is 6.92 Å². The first kappa shape index (κ1) is 13.7. The first-order chi connectivity index (χ1) is 8.65. The van der Waals surface area contributed by atoms with Crippen molar-refractivity contribution in [2.45, 2.75) is 45.7 Å². The lowest BCUT2D eigenvalue weighted by atomic mass is 10.0. The Bertz CT molecular complexity index is 405. The van der Waals surface area contributed by atoms with Crippen LogP contribution in [0.1, 0.15) is 32.3 Å². The lowest BCUT2D eigenvalue weighted by Gasteiger charge is -2.42. The number of halogens is 1. The molecule has 1 fully saturated rings. The van der Waals surface area contributed by atoms with E-state index in [1.807, 2.05) is 6.07 Å². The van der Waals surface area contributed by atoms with Gasteiger partial charge in [-0.25, -0.2) is 0 Å². The Hall–Kier alpha value is -0.730. The molecule has 2 rings (SSSR count). The molecule has 0 aromatic heterocycles. The van der Waals surface area contributed by atoms with Gasteiger partial charge in [0.1, 0.15) is 0 Å². The molecule has 3 heteroatoms. The lowest BCUT2D eigenvalue weighted by molar-refractivity contribution is 0.378. The van der Waals surface area contributed by atoms with E-state index in [4.69, 9.17) is 11.6 Å². The highest BCUT2D eigenvalue weighted by Gasteiger charge is 2.26. The zero-order valence-corrected chi connectivity index (χ0v) is 12.3. The van der Waals surface area contributed by atoms with Gasteiger partial charge < -0.3 is 10.2 Å². The molecule has 0 saturated carbocycles. The Morgan fingerprint density at radius 3 is 2.78 bits per heavy atom. The minimum Gasteiger partial charge on any atom is -0.365 e. The predicted molar refractivity (Wildman–Crippen MR) is 79.7 cm³/mol. The summed E-state index contributed by atoms with van der Waals surface area (Å²) in [6.45, 7) is 8.82. The van der Waals surface area contributed by atoms with E-state index >= 15 is 0 Å². The van der Waals surface area contributed by atoms with Crippen molar-refractivity contribution in [3.05, 3.63) is 28.8 Å². The molecule has 1 aromatic rings. The Kier molecular flexibility index (Phi) is 4.52. The molecular formula is C15H23ClN2. The van der Waals surface area contributed by atoms with E-state index in [-0.39, 0.29) is 0 Å². The van der Waals surface area contributed by atoms with Crippen LogP contribution in [0.2, 0.25) is 5.02 Å². The van der Waals surface area contributed by atoms with Gasteiger partial charge in [0.2, 0.25) is 0 Å². The van der Waals surface area contributed by atoms with Crippen molar-refractivity contribution in [1.29, 1.82) is 0 Å². The van der Waals surface area contributed by atoms with Crippen molar-refractivity contribution in [3.63, 3.8) is 0 Å². The summed E-state index contributed by atoms with van der Waals surface area (Å²) in [7, 11) is 0. The SMILES string of the molecule is CCC1CN(c2cc(Cl)ccc2C)C(CC)CN1. The summed E-state index contributed by atoms with van der Waals surface area (Å²) >= 11 is 6.15. The van der Waals surface area contributed by atoms with Crippen LogP contribution in [0.4, 0.5) is 5.69 Å². The van der Waals surface area contributed by atoms with Crippen molar-refractivity contribution in [2.75, 3.05) is 18.0 Å². The first-order valence-corrected chi connectivity index (χ1v) is 7.29. The van der Waals surface area contributed by atoms with E-state index in [2.05, 4.69) is 43.1 Å². The molecule has 0 radical (unpaired) electrons. The van der Waals surface area contributed by atoms with Gasteiger partial charge in [0.25, 0.3) is 0 Å². The number of hydrogen-bond donors (Lipinski definition) is 1. The quantitative estimate of drug-likeness (QED) is 0.899. The van der Waals surface area contributed by atoms with Crippen LogP contribution in [0.3, 0.4) is 0 Å². The highest BCUT2D eigenvalue weighted by molar-refractivity contribution is 6.30. The highest BCUT2D eigenvalue weighted by Crippen LogP contribution is 2.28. The van der Waals surface area contributed by atoms with Crippen LogP contribution in [0.15, 0.2) is 18.2 Å². The van der Waals surface area contributed by atoms with E-state index in [1.165, 1.54) is 17.7 Å². The van der Waals surface area contributed by atoms with Crippen LogP contribution in [0.25, 0.3) is 0 Å². The number of benzene rings is 1. The largest absolute Gasteiger partial charge is 0.365 e. The maximum atomic E-state index is 6.15. The molecule has 1 heterocycles. The molecule has 1 aliphatic rings. The minimum atomic E-state index is 0.574. The van der Waals surface area contributed by atoms with Crippen LogP contribution in [0.5, 0.6) is 0 Å². The smallest absolute Gasteiger partial charge is 0.0426 e. The molecule has 1 aromatic carbocycles. The first-order valence-electron chi connectivity index (χ1n) is 6.91. The molecular weight excluding hydrogens is 244 g/mol. The van der Waals surface area contributed by atoms with Gasteiger partial charge in [0, 0.05) is 35.9 Å². The average Bonchev–Trinajstić information content (AvgIpc) is 2.40. The fourth-order valence-corrected chi connectivity index (χ4v) is 2.86. The van der Waals surface area contributed by atoms with Crippen molar-refractivity contribution < 1.29 is 0 Å². The van der Waals surface area contributed by atoms with E-state index in [9.17, 15) is 0 Å². The molecule has 0 bridgehead atoms. The van der Waals surface area contributed by atoms with Gasteiger partial charge in [-0.15, -0.1) is 0 Å². The molecule has 1 N–H and O–H groups in total. The number of aryl methyl sites for hydroxylation is 1. The topological polar surface area (TPSA) is 15.3 Å². The maximum Gasteiger partial charge on any atom is 0.0426 e. The average molecular weight is 267 g/mol. The summed E-state index contributed by atoms with van der Waals surface area (Å²) in [6.07, 6.45) is 2.34. The van der Waals surface area contributed by atoms with E-state index in [1.54, 1.807) is 0 Å². The van der Waals surface area contributed by atoms with Crippen molar-refractivity contribution in [1.82, 2.24) is 5.32 Å². The number of rotatable bonds is 3. The Balaban J connectivity index is 2.29. The summed E-state index contributed by atoms with van der Waals surface area (Å²) in [5.74, 6) is 0. The van der Waals surface area contributed by atoms with Gasteiger partial charge in [-0.2, -0.15) is 0 Å². The molecule has 2 atom stereocenters. The van der Waals surface area contributed by atoms with Crippen LogP contribution < -0.4 is 10.2 Å². The third-order valence-electron chi connectivity index (χ3n) is 3.94. The summed E-state index contributed by atoms with van der Waals surface area (Å²) in [5, 5.41) is 4.46. The van der Waals surface area contributed by atoms with Gasteiger partial charge in [-0.05, 0) is 37.5 Å². The highest BCUT2D eigenvalue weighted by atomic mass is 35.5. The van der Waals surface area contributed by atoms with Gasteiger partial charge >= 0.3 is 0 Å². The summed E-state index contributed by atoms with van der Waals surface area (Å²) in [4.78, 5) is 2.53. The lowest BCUT2D eigenvalue weighted by Crippen LogP contribution is -2.56. The minimum absolute atomic E-state index is 0.574. The number of nitrogens with zero attached hydrogens (tertiary/aromatic N) is 1. The van der Waals surface area contributed by atoms with Gasteiger partial charge in [0.05, 0.1) is 0 Å². The summed E-state index contributed by atoms with van der Waals surface area (Å²) in [6, 6.07) is 7.36. The van der Waals surface area contributed by atoms with Crippen LogP contribution in [-0.4, -0.2) is 25.2 Å². The van der Waals surface area contributed by atoms with E-state index in [0.29, 0.717) is 12.1 Å². The fourth-order valence-electron chi connectivity index (χ4n) is 2.69. The summed E-state index contributed by atoms with van der Waals surface area (Å²) in [5.41, 5.74) is 2.61. The Morgan fingerprint density at radius 1 is 1.33 bits per heavy atom. The number of anilines is 1. The molecule has 0 spiro atoms. The number of nitrogens with one attached hydrogen (secondary N) is 1. The molecule has 1 saturated heterocycles. The molecule has 2 unspecified atom stereocenters. The standard InChI is InChI=1S/C15H23ClN2/c1-4-13-10-18(14(5-2)9-17-13)15-8-12(16)7-6-11(15)3/h6-8,13-14,17H,4-5,9-10H2,1-3H3. The van der Waals surface area contributed by atoms with Crippen molar-refractivity contribution in [3.8, 4) is 0 Å². The third kappa shape index (κ3) is 2.81. The van der Waals surface area contributed by atoms with Gasteiger partial charge in [-0.1, -0.05) is 31.5 Å². The molecule has 0 aliphatic carbocycles. The zero-order chi connectivity index (χ0) is 13.1. The van der Waals surface area contributed by atoms with Crippen LogP contribution in [-0.2, 0) is 0 Å². The van der Waals surface area contributed by atoms with E-state index in [0.717, 1.165) is 24.5 Å². The second kappa shape index (κ2) is 5.94. The predicted octanol–water partition coefficient (Wildman–Crippen LogP) is 3.62. The normalized spacial score (nSPS) is 24.3. The van der Waals surface area contributed by atoms with Gasteiger partial charge in [0.15, 0.2) is 0 Å². The van der Waals surface area contributed by atoms with Crippen molar-refractivity contribution >= 4 is 17.3 Å². The molecule has 100 valence electrons. The summed E-state index contributed by atoms with van der Waals surface area (Å²) < 4.78 is 0. The van der Waals surface area contributed by atoms with Crippen molar-refractivity contribution in [2.24, 2.45) is 0 Å². The zero-order valence-electron chi connectivity index (χ0n) is 11.5. The number of piperazine rings is 1. The van der Waals surface area contributed by atoms with Crippen LogP contribution >= 0.6 is 11.6 Å². The second-order valence-corrected chi connectivity index (χ2v) is 5.60. The third-order valence-corrected chi connectivity index (χ3v) is 4.18. The molecule has 2 nitrogen and oxygen atoms in total.